The highest BCUT2D eigenvalue weighted by atomic mass is 16.5. The molecule has 4 heteroatoms. The SMILES string of the molecule is CC(CCN)C(=O)N1CCOCC1. The summed E-state index contributed by atoms with van der Waals surface area (Å²) >= 11 is 0. The summed E-state index contributed by atoms with van der Waals surface area (Å²) in [6, 6.07) is 0. The van der Waals surface area contributed by atoms with Gasteiger partial charge in [0.05, 0.1) is 13.2 Å². The van der Waals surface area contributed by atoms with E-state index in [0.29, 0.717) is 19.8 Å². The van der Waals surface area contributed by atoms with Crippen LogP contribution in [0.4, 0.5) is 0 Å². The number of nitrogens with zero attached hydrogens (tertiary/aromatic N) is 1. The zero-order chi connectivity index (χ0) is 9.68. The molecule has 1 heterocycles. The van der Waals surface area contributed by atoms with Crippen molar-refractivity contribution >= 4 is 5.91 Å². The van der Waals surface area contributed by atoms with E-state index in [1.807, 2.05) is 11.8 Å². The lowest BCUT2D eigenvalue weighted by atomic mass is 10.1. The Balaban J connectivity index is 2.36. The van der Waals surface area contributed by atoms with E-state index in [1.54, 1.807) is 0 Å². The predicted molar refractivity (Wildman–Crippen MR) is 50.2 cm³/mol. The van der Waals surface area contributed by atoms with Crippen molar-refractivity contribution in [3.8, 4) is 0 Å². The summed E-state index contributed by atoms with van der Waals surface area (Å²) in [5.74, 6) is 0.275. The summed E-state index contributed by atoms with van der Waals surface area (Å²) in [7, 11) is 0. The second-order valence-corrected chi connectivity index (χ2v) is 3.42. The third-order valence-electron chi connectivity index (χ3n) is 2.34. The average Bonchev–Trinajstić information content (AvgIpc) is 2.18. The van der Waals surface area contributed by atoms with Gasteiger partial charge in [-0.2, -0.15) is 0 Å². The molecule has 0 aromatic rings. The molecule has 1 saturated heterocycles. The predicted octanol–water partition coefficient (Wildman–Crippen LogP) is -0.170. The zero-order valence-corrected chi connectivity index (χ0v) is 8.16. The number of carbonyl (C=O) groups is 1. The average molecular weight is 186 g/mol. The normalized spacial score (nSPS) is 20.0. The molecule has 1 fully saturated rings. The van der Waals surface area contributed by atoms with E-state index in [0.717, 1.165) is 19.5 Å². The van der Waals surface area contributed by atoms with E-state index in [1.165, 1.54) is 0 Å². The van der Waals surface area contributed by atoms with Crippen molar-refractivity contribution in [3.05, 3.63) is 0 Å². The molecule has 4 nitrogen and oxygen atoms in total. The molecule has 1 atom stereocenters. The Morgan fingerprint density at radius 3 is 2.69 bits per heavy atom. The largest absolute Gasteiger partial charge is 0.378 e. The first-order valence-corrected chi connectivity index (χ1v) is 4.82. The van der Waals surface area contributed by atoms with E-state index in [2.05, 4.69) is 0 Å². The number of morpholine rings is 1. The Hall–Kier alpha value is -0.610. The molecular formula is C9H18N2O2. The quantitative estimate of drug-likeness (QED) is 0.666. The fourth-order valence-electron chi connectivity index (χ4n) is 1.47. The van der Waals surface area contributed by atoms with Gasteiger partial charge in [-0.15, -0.1) is 0 Å². The van der Waals surface area contributed by atoms with Gasteiger partial charge in [-0.05, 0) is 13.0 Å². The second-order valence-electron chi connectivity index (χ2n) is 3.42. The van der Waals surface area contributed by atoms with Gasteiger partial charge < -0.3 is 15.4 Å². The zero-order valence-electron chi connectivity index (χ0n) is 8.16. The Bertz CT molecular complexity index is 167. The van der Waals surface area contributed by atoms with Crippen LogP contribution in [0.25, 0.3) is 0 Å². The van der Waals surface area contributed by atoms with Gasteiger partial charge in [0.25, 0.3) is 0 Å². The molecule has 13 heavy (non-hydrogen) atoms. The van der Waals surface area contributed by atoms with Crippen LogP contribution in [0.5, 0.6) is 0 Å². The summed E-state index contributed by atoms with van der Waals surface area (Å²) in [4.78, 5) is 13.6. The lowest BCUT2D eigenvalue weighted by Gasteiger charge is -2.29. The van der Waals surface area contributed by atoms with Crippen LogP contribution in [-0.4, -0.2) is 43.7 Å². The highest BCUT2D eigenvalue weighted by molar-refractivity contribution is 5.78. The monoisotopic (exact) mass is 186 g/mol. The third-order valence-corrected chi connectivity index (χ3v) is 2.34. The van der Waals surface area contributed by atoms with Crippen LogP contribution in [0.1, 0.15) is 13.3 Å². The molecule has 0 saturated carbocycles. The van der Waals surface area contributed by atoms with Crippen molar-refractivity contribution in [2.75, 3.05) is 32.8 Å². The first-order valence-electron chi connectivity index (χ1n) is 4.82. The molecule has 1 aliphatic rings. The van der Waals surface area contributed by atoms with E-state index < -0.39 is 0 Å². The number of nitrogens with two attached hydrogens (primary N) is 1. The molecule has 0 aliphatic carbocycles. The number of amides is 1. The van der Waals surface area contributed by atoms with Crippen LogP contribution in [0.3, 0.4) is 0 Å². The van der Waals surface area contributed by atoms with E-state index >= 15 is 0 Å². The minimum atomic E-state index is 0.0584. The molecule has 76 valence electrons. The highest BCUT2D eigenvalue weighted by Crippen LogP contribution is 2.08. The van der Waals surface area contributed by atoms with Crippen LogP contribution >= 0.6 is 0 Å². The van der Waals surface area contributed by atoms with Gasteiger partial charge in [0, 0.05) is 19.0 Å². The van der Waals surface area contributed by atoms with Gasteiger partial charge in [0.1, 0.15) is 0 Å². The van der Waals surface area contributed by atoms with Crippen LogP contribution in [0.2, 0.25) is 0 Å². The molecule has 0 radical (unpaired) electrons. The molecule has 0 spiro atoms. The third kappa shape index (κ3) is 2.97. The number of rotatable bonds is 3. The maximum Gasteiger partial charge on any atom is 0.225 e. The topological polar surface area (TPSA) is 55.6 Å². The molecule has 0 aromatic heterocycles. The fraction of sp³-hybridized carbons (Fsp3) is 0.889. The summed E-state index contributed by atoms with van der Waals surface area (Å²) in [5, 5.41) is 0. The van der Waals surface area contributed by atoms with Gasteiger partial charge in [0.15, 0.2) is 0 Å². The Kier molecular flexibility index (Phi) is 4.18. The smallest absolute Gasteiger partial charge is 0.225 e. The Labute approximate surface area is 79.0 Å². The van der Waals surface area contributed by atoms with Crippen molar-refractivity contribution in [1.29, 1.82) is 0 Å². The van der Waals surface area contributed by atoms with Crippen LogP contribution in [0, 0.1) is 5.92 Å². The van der Waals surface area contributed by atoms with E-state index in [9.17, 15) is 4.79 Å². The van der Waals surface area contributed by atoms with E-state index in [4.69, 9.17) is 10.5 Å². The molecule has 1 unspecified atom stereocenters. The summed E-state index contributed by atoms with van der Waals surface area (Å²) in [6.07, 6.45) is 0.774. The Morgan fingerprint density at radius 1 is 1.54 bits per heavy atom. The van der Waals surface area contributed by atoms with E-state index in [-0.39, 0.29) is 11.8 Å². The molecular weight excluding hydrogens is 168 g/mol. The van der Waals surface area contributed by atoms with Gasteiger partial charge in [-0.25, -0.2) is 0 Å². The Morgan fingerprint density at radius 2 is 2.15 bits per heavy atom. The molecule has 0 bridgehead atoms. The standard InChI is InChI=1S/C9H18N2O2/c1-8(2-3-10)9(12)11-4-6-13-7-5-11/h8H,2-7,10H2,1H3. The maximum absolute atomic E-state index is 11.7. The van der Waals surface area contributed by atoms with Crippen LogP contribution in [-0.2, 0) is 9.53 Å². The number of ether oxygens (including phenoxy) is 1. The number of hydrogen-bond donors (Lipinski definition) is 1. The number of carbonyl (C=O) groups excluding carboxylic acids is 1. The van der Waals surface area contributed by atoms with Crippen molar-refractivity contribution in [2.24, 2.45) is 11.7 Å². The van der Waals surface area contributed by atoms with Crippen LogP contribution < -0.4 is 5.73 Å². The molecule has 2 N–H and O–H groups in total. The lowest BCUT2D eigenvalue weighted by molar-refractivity contribution is -0.139. The fourth-order valence-corrected chi connectivity index (χ4v) is 1.47. The second kappa shape index (κ2) is 5.19. The van der Waals surface area contributed by atoms with Crippen molar-refractivity contribution < 1.29 is 9.53 Å². The van der Waals surface area contributed by atoms with Crippen molar-refractivity contribution in [3.63, 3.8) is 0 Å². The highest BCUT2D eigenvalue weighted by Gasteiger charge is 2.21. The maximum atomic E-state index is 11.7. The lowest BCUT2D eigenvalue weighted by Crippen LogP contribution is -2.43. The molecule has 1 amide bonds. The minimum Gasteiger partial charge on any atom is -0.378 e. The molecule has 1 rings (SSSR count). The molecule has 1 aliphatic heterocycles. The summed E-state index contributed by atoms with van der Waals surface area (Å²) < 4.78 is 5.17. The van der Waals surface area contributed by atoms with Crippen molar-refractivity contribution in [1.82, 2.24) is 4.90 Å². The first kappa shape index (κ1) is 10.5. The van der Waals surface area contributed by atoms with Gasteiger partial charge >= 0.3 is 0 Å². The summed E-state index contributed by atoms with van der Waals surface area (Å²) in [6.45, 7) is 5.31. The molecule has 0 aromatic carbocycles. The first-order chi connectivity index (χ1) is 6.25. The van der Waals surface area contributed by atoms with Crippen LogP contribution in [0.15, 0.2) is 0 Å². The van der Waals surface area contributed by atoms with Gasteiger partial charge in [-0.1, -0.05) is 6.92 Å². The van der Waals surface area contributed by atoms with Gasteiger partial charge in [0.2, 0.25) is 5.91 Å². The number of hydrogen-bond acceptors (Lipinski definition) is 3. The minimum absolute atomic E-state index is 0.0584. The van der Waals surface area contributed by atoms with Gasteiger partial charge in [-0.3, -0.25) is 4.79 Å². The summed E-state index contributed by atoms with van der Waals surface area (Å²) in [5.41, 5.74) is 5.40. The van der Waals surface area contributed by atoms with Crippen molar-refractivity contribution in [2.45, 2.75) is 13.3 Å².